The van der Waals surface area contributed by atoms with Gasteiger partial charge in [-0.1, -0.05) is 31.2 Å². The number of thiocarbonyl (C=S) groups is 1. The first-order valence-electron chi connectivity index (χ1n) is 7.40. The number of hydrogen-bond acceptors (Lipinski definition) is 2. The van der Waals surface area contributed by atoms with Crippen molar-refractivity contribution in [3.05, 3.63) is 59.7 Å². The second-order valence-corrected chi connectivity index (χ2v) is 5.61. The predicted molar refractivity (Wildman–Crippen MR) is 96.6 cm³/mol. The van der Waals surface area contributed by atoms with Crippen LogP contribution in [0.25, 0.3) is 0 Å². The van der Waals surface area contributed by atoms with Crippen LogP contribution >= 0.6 is 12.2 Å². The van der Waals surface area contributed by atoms with Gasteiger partial charge in [0.2, 0.25) is 0 Å². The molecule has 0 saturated carbocycles. The van der Waals surface area contributed by atoms with E-state index in [1.807, 2.05) is 24.3 Å². The molecular formula is C18H22N2OS. The number of aryl methyl sites for hydroxylation is 1. The van der Waals surface area contributed by atoms with Crippen LogP contribution in [0.4, 0.5) is 5.69 Å². The smallest absolute Gasteiger partial charge is 0.171 e. The van der Waals surface area contributed by atoms with Gasteiger partial charge in [0, 0.05) is 5.69 Å². The average Bonchev–Trinajstić information content (AvgIpc) is 2.53. The highest BCUT2D eigenvalue weighted by molar-refractivity contribution is 7.80. The van der Waals surface area contributed by atoms with E-state index in [2.05, 4.69) is 48.7 Å². The fourth-order valence-electron chi connectivity index (χ4n) is 2.31. The van der Waals surface area contributed by atoms with Crippen molar-refractivity contribution in [2.75, 3.05) is 12.4 Å². The number of rotatable bonds is 5. The topological polar surface area (TPSA) is 33.3 Å². The molecule has 0 amide bonds. The Hall–Kier alpha value is -2.07. The van der Waals surface area contributed by atoms with Crippen LogP contribution in [0.15, 0.2) is 48.5 Å². The van der Waals surface area contributed by atoms with E-state index in [0.717, 1.165) is 17.9 Å². The summed E-state index contributed by atoms with van der Waals surface area (Å²) in [5, 5.41) is 7.24. The highest BCUT2D eigenvalue weighted by Gasteiger charge is 2.10. The molecule has 1 atom stereocenters. The molecule has 1 unspecified atom stereocenters. The van der Waals surface area contributed by atoms with E-state index in [1.165, 1.54) is 11.1 Å². The summed E-state index contributed by atoms with van der Waals surface area (Å²) in [5.74, 6) is 0.860. The molecule has 2 rings (SSSR count). The van der Waals surface area contributed by atoms with Gasteiger partial charge in [0.25, 0.3) is 0 Å². The quantitative estimate of drug-likeness (QED) is 0.799. The van der Waals surface area contributed by atoms with Crippen molar-refractivity contribution in [3.63, 3.8) is 0 Å². The lowest BCUT2D eigenvalue weighted by atomic mass is 10.0. The Morgan fingerprint density at radius 2 is 1.91 bits per heavy atom. The van der Waals surface area contributed by atoms with Crippen LogP contribution in [0, 0.1) is 6.92 Å². The highest BCUT2D eigenvalue weighted by atomic mass is 32.1. The van der Waals surface area contributed by atoms with Crippen LogP contribution in [0.3, 0.4) is 0 Å². The number of anilines is 1. The van der Waals surface area contributed by atoms with Crippen LogP contribution in [0.1, 0.15) is 30.5 Å². The Morgan fingerprint density at radius 3 is 2.50 bits per heavy atom. The van der Waals surface area contributed by atoms with Gasteiger partial charge in [-0.25, -0.2) is 0 Å². The first-order chi connectivity index (χ1) is 10.6. The molecule has 22 heavy (non-hydrogen) atoms. The van der Waals surface area contributed by atoms with E-state index < -0.39 is 0 Å². The third-order valence-electron chi connectivity index (χ3n) is 3.51. The molecule has 3 nitrogen and oxygen atoms in total. The molecule has 0 radical (unpaired) electrons. The van der Waals surface area contributed by atoms with Gasteiger partial charge < -0.3 is 15.4 Å². The zero-order chi connectivity index (χ0) is 15.9. The van der Waals surface area contributed by atoms with E-state index in [0.29, 0.717) is 5.11 Å². The maximum atomic E-state index is 5.42. The highest BCUT2D eigenvalue weighted by Crippen LogP contribution is 2.20. The van der Waals surface area contributed by atoms with Crippen molar-refractivity contribution in [1.29, 1.82) is 0 Å². The summed E-state index contributed by atoms with van der Waals surface area (Å²) in [4.78, 5) is 0. The van der Waals surface area contributed by atoms with Crippen molar-refractivity contribution in [1.82, 2.24) is 5.32 Å². The van der Waals surface area contributed by atoms with Crippen molar-refractivity contribution >= 4 is 23.0 Å². The number of ether oxygens (including phenoxy) is 1. The first kappa shape index (κ1) is 16.3. The Morgan fingerprint density at radius 1 is 1.18 bits per heavy atom. The lowest BCUT2D eigenvalue weighted by molar-refractivity contribution is 0.414. The maximum Gasteiger partial charge on any atom is 0.171 e. The zero-order valence-electron chi connectivity index (χ0n) is 13.2. The number of benzene rings is 2. The molecule has 116 valence electrons. The van der Waals surface area contributed by atoms with Gasteiger partial charge in [-0.2, -0.15) is 0 Å². The minimum atomic E-state index is 0.177. The third-order valence-corrected chi connectivity index (χ3v) is 3.73. The second kappa shape index (κ2) is 7.80. The first-order valence-corrected chi connectivity index (χ1v) is 7.81. The number of methoxy groups -OCH3 is 1. The normalized spacial score (nSPS) is 11.6. The van der Waals surface area contributed by atoms with Gasteiger partial charge in [0.1, 0.15) is 5.75 Å². The minimum absolute atomic E-state index is 0.177. The van der Waals surface area contributed by atoms with Gasteiger partial charge in [-0.3, -0.25) is 0 Å². The standard InChI is InChI=1S/C18H22N2OS/c1-4-17(14-8-10-16(21-3)11-9-14)20-18(22)19-15-7-5-6-13(2)12-15/h5-12,17H,4H2,1-3H3,(H2,19,20,22). The van der Waals surface area contributed by atoms with Crippen LogP contribution in [0.5, 0.6) is 5.75 Å². The van der Waals surface area contributed by atoms with E-state index in [-0.39, 0.29) is 6.04 Å². The largest absolute Gasteiger partial charge is 0.497 e. The Kier molecular flexibility index (Phi) is 5.78. The third kappa shape index (κ3) is 4.46. The molecule has 0 bridgehead atoms. The van der Waals surface area contributed by atoms with Crippen LogP contribution in [-0.2, 0) is 0 Å². The lowest BCUT2D eigenvalue weighted by Crippen LogP contribution is -2.32. The average molecular weight is 314 g/mol. The van der Waals surface area contributed by atoms with E-state index in [9.17, 15) is 0 Å². The predicted octanol–water partition coefficient (Wildman–Crippen LogP) is 4.44. The van der Waals surface area contributed by atoms with Crippen molar-refractivity contribution in [3.8, 4) is 5.75 Å². The Labute approximate surface area is 137 Å². The van der Waals surface area contributed by atoms with Gasteiger partial charge in [0.15, 0.2) is 5.11 Å². The summed E-state index contributed by atoms with van der Waals surface area (Å²) in [6.45, 7) is 4.20. The molecule has 2 N–H and O–H groups in total. The van der Waals surface area contributed by atoms with Crippen molar-refractivity contribution < 1.29 is 4.74 Å². The summed E-state index contributed by atoms with van der Waals surface area (Å²) in [5.41, 5.74) is 3.40. The fourth-order valence-corrected chi connectivity index (χ4v) is 2.57. The van der Waals surface area contributed by atoms with Gasteiger partial charge in [0.05, 0.1) is 13.2 Å². The molecule has 2 aromatic rings. The molecule has 0 aliphatic carbocycles. The van der Waals surface area contributed by atoms with E-state index in [4.69, 9.17) is 17.0 Å². The monoisotopic (exact) mass is 314 g/mol. The second-order valence-electron chi connectivity index (χ2n) is 5.20. The molecule has 0 heterocycles. The van der Waals surface area contributed by atoms with Crippen molar-refractivity contribution in [2.45, 2.75) is 26.3 Å². The maximum absolute atomic E-state index is 5.42. The number of hydrogen-bond donors (Lipinski definition) is 2. The van der Waals surface area contributed by atoms with Crippen LogP contribution < -0.4 is 15.4 Å². The summed E-state index contributed by atoms with van der Waals surface area (Å²) in [6, 6.07) is 16.4. The summed E-state index contributed by atoms with van der Waals surface area (Å²) >= 11 is 5.42. The van der Waals surface area contributed by atoms with E-state index >= 15 is 0 Å². The van der Waals surface area contributed by atoms with Gasteiger partial charge in [-0.05, 0) is 61.0 Å². The van der Waals surface area contributed by atoms with Crippen LogP contribution in [0.2, 0.25) is 0 Å². The molecule has 0 saturated heterocycles. The minimum Gasteiger partial charge on any atom is -0.497 e. The zero-order valence-corrected chi connectivity index (χ0v) is 14.0. The fraction of sp³-hybridized carbons (Fsp3) is 0.278. The summed E-state index contributed by atoms with van der Waals surface area (Å²) in [6.07, 6.45) is 0.946. The summed E-state index contributed by atoms with van der Waals surface area (Å²) < 4.78 is 5.20. The summed E-state index contributed by atoms with van der Waals surface area (Å²) in [7, 11) is 1.67. The Bertz CT molecular complexity index is 625. The van der Waals surface area contributed by atoms with Crippen LogP contribution in [-0.4, -0.2) is 12.2 Å². The lowest BCUT2D eigenvalue weighted by Gasteiger charge is -2.20. The van der Waals surface area contributed by atoms with Gasteiger partial charge >= 0.3 is 0 Å². The molecule has 4 heteroatoms. The van der Waals surface area contributed by atoms with Crippen molar-refractivity contribution in [2.24, 2.45) is 0 Å². The molecule has 0 aromatic heterocycles. The molecule has 2 aromatic carbocycles. The molecule has 0 aliphatic heterocycles. The van der Waals surface area contributed by atoms with Gasteiger partial charge in [-0.15, -0.1) is 0 Å². The number of nitrogens with one attached hydrogen (secondary N) is 2. The molecule has 0 fully saturated rings. The SMILES string of the molecule is CCC(NC(=S)Nc1cccc(C)c1)c1ccc(OC)cc1. The molecule has 0 spiro atoms. The van der Waals surface area contributed by atoms with E-state index in [1.54, 1.807) is 7.11 Å². The molecule has 0 aliphatic rings. The Balaban J connectivity index is 2.01. The molecular weight excluding hydrogens is 292 g/mol.